The highest BCUT2D eigenvalue weighted by atomic mass is 35.5. The Morgan fingerprint density at radius 1 is 1.26 bits per heavy atom. The molecule has 1 fully saturated rings. The molecular formula is C17H20Cl2N4O3S. The van der Waals surface area contributed by atoms with Gasteiger partial charge < -0.3 is 9.88 Å². The van der Waals surface area contributed by atoms with E-state index in [1.54, 1.807) is 24.1 Å². The van der Waals surface area contributed by atoms with Crippen molar-refractivity contribution in [2.75, 3.05) is 24.4 Å². The molecule has 1 aromatic heterocycles. The van der Waals surface area contributed by atoms with Crippen molar-refractivity contribution in [2.24, 2.45) is 5.92 Å². The maximum absolute atomic E-state index is 12.8. The number of aromatic amines is 1. The Balaban J connectivity index is 1.58. The summed E-state index contributed by atoms with van der Waals surface area (Å²) in [7, 11) is -3.66. The fraction of sp³-hybridized carbons (Fsp3) is 0.471. The van der Waals surface area contributed by atoms with Gasteiger partial charge in [-0.25, -0.2) is 0 Å². The van der Waals surface area contributed by atoms with E-state index in [1.165, 1.54) is 4.31 Å². The van der Waals surface area contributed by atoms with Crippen LogP contribution < -0.4 is 4.72 Å². The second-order valence-electron chi connectivity index (χ2n) is 7.13. The standard InChI is InChI=1S/C17H20Cl2N4O3S/c1-10(24)22-4-2-11(3-5-22)8-23-9-12-6-13(18)15-14(19)7-20-17(15)16(12)21-27(23,25)26/h6-7,11,20-21H,2-5,8-9H2,1H3. The first-order valence-electron chi connectivity index (χ1n) is 8.77. The summed E-state index contributed by atoms with van der Waals surface area (Å²) in [5.74, 6) is 0.288. The summed E-state index contributed by atoms with van der Waals surface area (Å²) >= 11 is 12.5. The molecule has 0 atom stereocenters. The third-order valence-electron chi connectivity index (χ3n) is 5.38. The number of nitrogens with one attached hydrogen (secondary N) is 2. The minimum atomic E-state index is -3.66. The molecule has 1 amide bonds. The lowest BCUT2D eigenvalue weighted by molar-refractivity contribution is -0.130. The van der Waals surface area contributed by atoms with E-state index in [2.05, 4.69) is 9.71 Å². The van der Waals surface area contributed by atoms with E-state index in [0.717, 1.165) is 18.4 Å². The predicted octanol–water partition coefficient (Wildman–Crippen LogP) is 3.21. The SMILES string of the molecule is CC(=O)N1CCC(CN2Cc3cc(Cl)c4c(Cl)c[nH]c4c3NS2(=O)=O)CC1. The molecule has 146 valence electrons. The van der Waals surface area contributed by atoms with Crippen LogP contribution >= 0.6 is 23.2 Å². The van der Waals surface area contributed by atoms with Gasteiger partial charge in [0.2, 0.25) is 5.91 Å². The third-order valence-corrected chi connectivity index (χ3v) is 7.40. The highest BCUT2D eigenvalue weighted by Gasteiger charge is 2.34. The number of likely N-dealkylation sites (tertiary alicyclic amines) is 1. The highest BCUT2D eigenvalue weighted by Crippen LogP contribution is 2.40. The van der Waals surface area contributed by atoms with Crippen LogP contribution in [-0.4, -0.2) is 48.1 Å². The molecule has 27 heavy (non-hydrogen) atoms. The van der Waals surface area contributed by atoms with Gasteiger partial charge in [0, 0.05) is 44.7 Å². The second kappa shape index (κ2) is 6.84. The van der Waals surface area contributed by atoms with Crippen LogP contribution in [0.1, 0.15) is 25.3 Å². The Bertz CT molecular complexity index is 1010. The second-order valence-corrected chi connectivity index (χ2v) is 9.61. The molecule has 3 heterocycles. The van der Waals surface area contributed by atoms with Crippen LogP contribution in [-0.2, 0) is 21.5 Å². The Hall–Kier alpha value is -1.48. The molecule has 0 unspecified atom stereocenters. The van der Waals surface area contributed by atoms with E-state index in [-0.39, 0.29) is 18.4 Å². The van der Waals surface area contributed by atoms with Crippen LogP contribution in [0.25, 0.3) is 10.9 Å². The molecule has 1 saturated heterocycles. The Kier molecular flexibility index (Phi) is 4.78. The number of aromatic nitrogens is 1. The molecule has 0 aliphatic carbocycles. The van der Waals surface area contributed by atoms with E-state index in [9.17, 15) is 13.2 Å². The molecule has 2 aliphatic rings. The van der Waals surface area contributed by atoms with E-state index < -0.39 is 10.2 Å². The van der Waals surface area contributed by atoms with Crippen molar-refractivity contribution in [1.29, 1.82) is 0 Å². The lowest BCUT2D eigenvalue weighted by atomic mass is 9.96. The number of benzene rings is 1. The first-order chi connectivity index (χ1) is 12.8. The summed E-state index contributed by atoms with van der Waals surface area (Å²) in [5.41, 5.74) is 1.91. The average Bonchev–Trinajstić information content (AvgIpc) is 3.00. The Morgan fingerprint density at radius 2 is 1.96 bits per heavy atom. The predicted molar refractivity (Wildman–Crippen MR) is 106 cm³/mol. The molecule has 0 radical (unpaired) electrons. The summed E-state index contributed by atoms with van der Waals surface area (Å²) < 4.78 is 29.7. The quantitative estimate of drug-likeness (QED) is 0.766. The van der Waals surface area contributed by atoms with Gasteiger partial charge in [-0.2, -0.15) is 12.7 Å². The van der Waals surface area contributed by atoms with Crippen LogP contribution in [0.15, 0.2) is 12.3 Å². The lowest BCUT2D eigenvalue weighted by Crippen LogP contribution is -2.45. The lowest BCUT2D eigenvalue weighted by Gasteiger charge is -2.36. The van der Waals surface area contributed by atoms with Gasteiger partial charge >= 0.3 is 10.2 Å². The minimum absolute atomic E-state index is 0.0675. The first kappa shape index (κ1) is 18.9. The number of carbonyl (C=O) groups excluding carboxylic acids is 1. The summed E-state index contributed by atoms with van der Waals surface area (Å²) in [5, 5.41) is 1.56. The zero-order valence-electron chi connectivity index (χ0n) is 14.8. The van der Waals surface area contributed by atoms with Gasteiger partial charge in [0.1, 0.15) is 0 Å². The van der Waals surface area contributed by atoms with Crippen LogP contribution in [0.5, 0.6) is 0 Å². The zero-order chi connectivity index (χ0) is 19.3. The summed E-state index contributed by atoms with van der Waals surface area (Å²) in [6, 6.07) is 1.77. The molecule has 4 rings (SSSR count). The number of hydrogen-bond acceptors (Lipinski definition) is 3. The third kappa shape index (κ3) is 3.40. The van der Waals surface area contributed by atoms with E-state index >= 15 is 0 Å². The number of carbonyl (C=O) groups is 1. The van der Waals surface area contributed by atoms with Crippen LogP contribution in [0, 0.1) is 5.92 Å². The number of hydrogen-bond donors (Lipinski definition) is 2. The van der Waals surface area contributed by atoms with Gasteiger partial charge in [-0.15, -0.1) is 0 Å². The van der Waals surface area contributed by atoms with Crippen molar-refractivity contribution in [3.8, 4) is 0 Å². The molecule has 0 bridgehead atoms. The van der Waals surface area contributed by atoms with Crippen LogP contribution in [0.3, 0.4) is 0 Å². The molecular weight excluding hydrogens is 411 g/mol. The van der Waals surface area contributed by atoms with Gasteiger partial charge in [0.05, 0.1) is 21.2 Å². The first-order valence-corrected chi connectivity index (χ1v) is 11.0. The molecule has 0 spiro atoms. The fourth-order valence-corrected chi connectivity index (χ4v) is 5.84. The number of piperidine rings is 1. The molecule has 2 N–H and O–H groups in total. The number of amides is 1. The molecule has 7 nitrogen and oxygen atoms in total. The van der Waals surface area contributed by atoms with Crippen LogP contribution in [0.4, 0.5) is 5.69 Å². The minimum Gasteiger partial charge on any atom is -0.358 e. The largest absolute Gasteiger partial charge is 0.358 e. The number of anilines is 1. The number of fused-ring (bicyclic) bond motifs is 3. The summed E-state index contributed by atoms with van der Waals surface area (Å²) in [4.78, 5) is 16.3. The van der Waals surface area contributed by atoms with Crippen molar-refractivity contribution in [2.45, 2.75) is 26.3 Å². The van der Waals surface area contributed by atoms with Gasteiger partial charge in [-0.05, 0) is 30.4 Å². The maximum Gasteiger partial charge on any atom is 0.302 e. The molecule has 0 saturated carbocycles. The molecule has 2 aromatic rings. The Morgan fingerprint density at radius 3 is 2.63 bits per heavy atom. The van der Waals surface area contributed by atoms with Gasteiger partial charge in [0.25, 0.3) is 0 Å². The normalized spacial score (nSPS) is 20.5. The molecule has 1 aromatic carbocycles. The van der Waals surface area contributed by atoms with Crippen LogP contribution in [0.2, 0.25) is 10.0 Å². The smallest absolute Gasteiger partial charge is 0.302 e. The van der Waals surface area contributed by atoms with Crippen molar-refractivity contribution in [3.63, 3.8) is 0 Å². The zero-order valence-corrected chi connectivity index (χ0v) is 17.1. The van der Waals surface area contributed by atoms with E-state index in [0.29, 0.717) is 46.3 Å². The van der Waals surface area contributed by atoms with Gasteiger partial charge in [0.15, 0.2) is 0 Å². The Labute approximate surface area is 167 Å². The fourth-order valence-electron chi connectivity index (χ4n) is 3.88. The summed E-state index contributed by atoms with van der Waals surface area (Å²) in [6.45, 7) is 3.58. The topological polar surface area (TPSA) is 85.5 Å². The van der Waals surface area contributed by atoms with Crippen molar-refractivity contribution < 1.29 is 13.2 Å². The number of rotatable bonds is 2. The van der Waals surface area contributed by atoms with Gasteiger partial charge in [-0.1, -0.05) is 23.2 Å². The van der Waals surface area contributed by atoms with Gasteiger partial charge in [-0.3, -0.25) is 9.52 Å². The van der Waals surface area contributed by atoms with E-state index in [1.807, 2.05) is 0 Å². The monoisotopic (exact) mass is 430 g/mol. The highest BCUT2D eigenvalue weighted by molar-refractivity contribution is 7.90. The number of halogens is 2. The maximum atomic E-state index is 12.8. The average molecular weight is 431 g/mol. The van der Waals surface area contributed by atoms with Crippen molar-refractivity contribution >= 4 is 55.9 Å². The van der Waals surface area contributed by atoms with Crippen molar-refractivity contribution in [3.05, 3.63) is 27.9 Å². The van der Waals surface area contributed by atoms with E-state index in [4.69, 9.17) is 23.2 Å². The number of nitrogens with zero attached hydrogens (tertiary/aromatic N) is 2. The molecule has 2 aliphatic heterocycles. The van der Waals surface area contributed by atoms with Crippen molar-refractivity contribution in [1.82, 2.24) is 14.2 Å². The molecule has 10 heteroatoms. The summed E-state index contributed by atoms with van der Waals surface area (Å²) in [6.07, 6.45) is 3.19. The number of H-pyrrole nitrogens is 1.